The summed E-state index contributed by atoms with van der Waals surface area (Å²) in [6, 6.07) is 16.2. The minimum Gasteiger partial charge on any atom is -0.497 e. The van der Waals surface area contributed by atoms with Crippen LogP contribution >= 0.6 is 0 Å². The highest BCUT2D eigenvalue weighted by atomic mass is 28.3. The highest BCUT2D eigenvalue weighted by Crippen LogP contribution is 2.20. The van der Waals surface area contributed by atoms with Gasteiger partial charge in [0.1, 0.15) is 19.8 Å². The molecule has 0 atom stereocenters. The number of rotatable bonds is 3. The molecule has 3 nitrogen and oxygen atoms in total. The van der Waals surface area contributed by atoms with Crippen molar-refractivity contribution in [2.45, 2.75) is 26.6 Å². The number of methoxy groups -OCH3 is 1. The van der Waals surface area contributed by atoms with Crippen LogP contribution in [0.2, 0.25) is 19.6 Å². The van der Waals surface area contributed by atoms with Crippen molar-refractivity contribution in [1.82, 2.24) is 0 Å². The third-order valence-corrected chi connectivity index (χ3v) is 4.02. The van der Waals surface area contributed by atoms with Gasteiger partial charge in [0.25, 0.3) is 0 Å². The highest BCUT2D eigenvalue weighted by molar-refractivity contribution is 6.83. The molecule has 0 amide bonds. The van der Waals surface area contributed by atoms with Crippen molar-refractivity contribution >= 4 is 25.5 Å². The third kappa shape index (κ3) is 5.55. The molecule has 24 heavy (non-hydrogen) atoms. The van der Waals surface area contributed by atoms with Crippen LogP contribution in [0.3, 0.4) is 0 Å². The van der Waals surface area contributed by atoms with Crippen LogP contribution in [-0.4, -0.2) is 21.2 Å². The van der Waals surface area contributed by atoms with Gasteiger partial charge < -0.3 is 4.74 Å². The van der Waals surface area contributed by atoms with Gasteiger partial charge in [-0.2, -0.15) is 9.98 Å². The van der Waals surface area contributed by atoms with Crippen molar-refractivity contribution in [3.63, 3.8) is 0 Å². The zero-order chi connectivity index (χ0) is 17.6. The second-order valence-electron chi connectivity index (χ2n) is 6.54. The van der Waals surface area contributed by atoms with Crippen molar-refractivity contribution < 1.29 is 4.74 Å². The van der Waals surface area contributed by atoms with Crippen LogP contribution in [0.5, 0.6) is 5.75 Å². The Balaban J connectivity index is 2.30. The predicted molar refractivity (Wildman–Crippen MR) is 104 cm³/mol. The fraction of sp³-hybridized carbons (Fsp3) is 0.250. The van der Waals surface area contributed by atoms with Crippen LogP contribution in [0.25, 0.3) is 0 Å². The summed E-state index contributed by atoms with van der Waals surface area (Å²) in [6.07, 6.45) is 0. The van der Waals surface area contributed by atoms with Gasteiger partial charge in [-0.05, 0) is 48.9 Å². The van der Waals surface area contributed by atoms with Gasteiger partial charge in [-0.15, -0.1) is 5.54 Å². The molecule has 0 aromatic heterocycles. The summed E-state index contributed by atoms with van der Waals surface area (Å²) in [7, 11) is 0.207. The van der Waals surface area contributed by atoms with Gasteiger partial charge >= 0.3 is 0 Å². The Kier molecular flexibility index (Phi) is 5.76. The second kappa shape index (κ2) is 7.78. The van der Waals surface area contributed by atoms with E-state index >= 15 is 0 Å². The van der Waals surface area contributed by atoms with Gasteiger partial charge in [0.2, 0.25) is 0 Å². The molecule has 122 valence electrons. The van der Waals surface area contributed by atoms with Crippen molar-refractivity contribution in [2.24, 2.45) is 9.98 Å². The maximum absolute atomic E-state index is 5.13. The summed E-state index contributed by atoms with van der Waals surface area (Å²) < 4.78 is 5.13. The van der Waals surface area contributed by atoms with E-state index in [1.165, 1.54) is 5.56 Å². The number of nitrogens with zero attached hydrogens (tertiary/aromatic N) is 2. The number of hydrogen-bond acceptors (Lipinski definition) is 3. The molecule has 0 aliphatic heterocycles. The van der Waals surface area contributed by atoms with Gasteiger partial charge in [0, 0.05) is 0 Å². The molecule has 0 saturated carbocycles. The van der Waals surface area contributed by atoms with E-state index in [-0.39, 0.29) is 0 Å². The molecule has 0 radical (unpaired) electrons. The molecule has 0 fully saturated rings. The lowest BCUT2D eigenvalue weighted by molar-refractivity contribution is 0.415. The van der Waals surface area contributed by atoms with E-state index in [1.807, 2.05) is 36.4 Å². The molecule has 0 N–H and O–H groups in total. The predicted octanol–water partition coefficient (Wildman–Crippen LogP) is 5.37. The van der Waals surface area contributed by atoms with Crippen LogP contribution in [-0.2, 0) is 0 Å². The van der Waals surface area contributed by atoms with Crippen molar-refractivity contribution in [2.75, 3.05) is 7.11 Å². The SMILES string of the molecule is COc1ccc(N=C=Nc2ccc(C)cc2C#C[Si](C)(C)C)cc1. The van der Waals surface area contributed by atoms with E-state index in [0.717, 1.165) is 22.7 Å². The standard InChI is InChI=1S/C20H22N2OSi/c1-16-6-11-20(17(14-16)12-13-24(3,4)5)22-15-21-18-7-9-19(23-2)10-8-18/h6-11,14H,1-5H3. The van der Waals surface area contributed by atoms with Gasteiger partial charge in [-0.1, -0.05) is 31.6 Å². The molecule has 4 heteroatoms. The Bertz CT molecular complexity index is 831. The van der Waals surface area contributed by atoms with Crippen molar-refractivity contribution in [1.29, 1.82) is 0 Å². The molecule has 0 aliphatic rings. The molecule has 2 aromatic carbocycles. The van der Waals surface area contributed by atoms with Gasteiger partial charge in [0.05, 0.1) is 24.0 Å². The molecule has 0 heterocycles. The largest absolute Gasteiger partial charge is 0.497 e. The summed E-state index contributed by atoms with van der Waals surface area (Å²) in [5, 5.41) is 0. The first-order chi connectivity index (χ1) is 11.4. The lowest BCUT2D eigenvalue weighted by Gasteiger charge is -2.04. The van der Waals surface area contributed by atoms with Crippen LogP contribution in [0.1, 0.15) is 11.1 Å². The molecule has 2 rings (SSSR count). The third-order valence-electron chi connectivity index (χ3n) is 3.15. The fourth-order valence-electron chi connectivity index (χ4n) is 1.90. The summed E-state index contributed by atoms with van der Waals surface area (Å²) in [6.45, 7) is 8.73. The molecule has 0 saturated heterocycles. The Morgan fingerprint density at radius 3 is 2.29 bits per heavy atom. The van der Waals surface area contributed by atoms with Crippen LogP contribution in [0, 0.1) is 18.4 Å². The van der Waals surface area contributed by atoms with Crippen LogP contribution in [0.15, 0.2) is 52.4 Å². The van der Waals surface area contributed by atoms with Gasteiger partial charge in [-0.25, -0.2) is 0 Å². The second-order valence-corrected chi connectivity index (χ2v) is 11.3. The molecular weight excluding hydrogens is 312 g/mol. The molecule has 0 unspecified atom stereocenters. The van der Waals surface area contributed by atoms with Crippen molar-refractivity contribution in [3.05, 3.63) is 53.6 Å². The average Bonchev–Trinajstić information content (AvgIpc) is 2.54. The van der Waals surface area contributed by atoms with E-state index < -0.39 is 8.07 Å². The first-order valence-corrected chi connectivity index (χ1v) is 11.3. The number of ether oxygens (including phenoxy) is 1. The minimum absolute atomic E-state index is 0.779. The smallest absolute Gasteiger partial charge is 0.129 e. The normalized spacial score (nSPS) is 10.2. The summed E-state index contributed by atoms with van der Waals surface area (Å²) in [5.74, 6) is 4.08. The van der Waals surface area contributed by atoms with Crippen molar-refractivity contribution in [3.8, 4) is 17.2 Å². The topological polar surface area (TPSA) is 34.0 Å². The highest BCUT2D eigenvalue weighted by Gasteiger charge is 2.08. The zero-order valence-corrected chi connectivity index (χ0v) is 15.8. The number of aryl methyl sites for hydroxylation is 1. The van der Waals surface area contributed by atoms with Crippen LogP contribution < -0.4 is 4.74 Å². The molecular formula is C20H22N2OSi. The molecule has 0 aliphatic carbocycles. The van der Waals surface area contributed by atoms with Gasteiger partial charge in [0.15, 0.2) is 0 Å². The quantitative estimate of drug-likeness (QED) is 0.422. The lowest BCUT2D eigenvalue weighted by atomic mass is 10.1. The van der Waals surface area contributed by atoms with E-state index in [9.17, 15) is 0 Å². The number of hydrogen-bond donors (Lipinski definition) is 0. The fourth-order valence-corrected chi connectivity index (χ4v) is 2.41. The average molecular weight is 334 g/mol. The summed E-state index contributed by atoms with van der Waals surface area (Å²) >= 11 is 0. The Morgan fingerprint density at radius 2 is 1.67 bits per heavy atom. The lowest BCUT2D eigenvalue weighted by Crippen LogP contribution is -2.16. The maximum atomic E-state index is 5.13. The Hall–Kier alpha value is -2.60. The molecule has 0 bridgehead atoms. The molecule has 0 spiro atoms. The number of benzene rings is 2. The Labute approximate surface area is 145 Å². The van der Waals surface area contributed by atoms with E-state index in [0.29, 0.717) is 0 Å². The van der Waals surface area contributed by atoms with E-state index in [1.54, 1.807) is 7.11 Å². The molecule has 2 aromatic rings. The Morgan fingerprint density at radius 1 is 0.958 bits per heavy atom. The first kappa shape index (κ1) is 17.7. The summed E-state index contributed by atoms with van der Waals surface area (Å²) in [5.41, 5.74) is 7.05. The van der Waals surface area contributed by atoms with Gasteiger partial charge in [-0.3, -0.25) is 0 Å². The minimum atomic E-state index is -1.43. The maximum Gasteiger partial charge on any atom is 0.129 e. The summed E-state index contributed by atoms with van der Waals surface area (Å²) in [4.78, 5) is 8.59. The van der Waals surface area contributed by atoms with E-state index in [2.05, 4.69) is 60.1 Å². The first-order valence-electron chi connectivity index (χ1n) is 7.82. The monoisotopic (exact) mass is 334 g/mol. The number of aliphatic imine (C=N–C) groups is 2. The van der Waals surface area contributed by atoms with Crippen LogP contribution in [0.4, 0.5) is 11.4 Å². The van der Waals surface area contributed by atoms with E-state index in [4.69, 9.17) is 4.74 Å². The zero-order valence-electron chi connectivity index (χ0n) is 14.8.